The number of nitrogen functional groups attached to an aromatic ring is 1. The summed E-state index contributed by atoms with van der Waals surface area (Å²) in [6, 6.07) is 17.8. The van der Waals surface area contributed by atoms with Crippen LogP contribution in [0.4, 0.5) is 5.69 Å². The normalized spacial score (nSPS) is 10.5. The molecular weight excluding hydrogens is 234 g/mol. The lowest BCUT2D eigenvalue weighted by Gasteiger charge is -2.06. The van der Waals surface area contributed by atoms with Gasteiger partial charge in [-0.05, 0) is 42.0 Å². The maximum atomic E-state index is 8.79. The first-order valence-corrected chi connectivity index (χ1v) is 6.10. The number of hydrogen-bond donors (Lipinski definition) is 1. The highest BCUT2D eigenvalue weighted by atomic mass is 14.9. The van der Waals surface area contributed by atoms with Crippen LogP contribution in [0.1, 0.15) is 11.1 Å². The topological polar surface area (TPSA) is 54.7 Å². The molecule has 0 spiro atoms. The van der Waals surface area contributed by atoms with E-state index in [1.54, 1.807) is 0 Å². The minimum absolute atomic E-state index is 0.689. The summed E-state index contributed by atoms with van der Waals surface area (Å²) in [7, 11) is 0. The first-order valence-electron chi connectivity index (χ1n) is 6.10. The Morgan fingerprint density at radius 1 is 1.05 bits per heavy atom. The number of aromatic nitrogens is 1. The van der Waals surface area contributed by atoms with Crippen LogP contribution in [0.5, 0.6) is 0 Å². The summed E-state index contributed by atoms with van der Waals surface area (Å²) >= 11 is 0. The second-order valence-corrected chi connectivity index (χ2v) is 4.57. The van der Waals surface area contributed by atoms with Crippen molar-refractivity contribution in [2.24, 2.45) is 0 Å². The number of anilines is 1. The van der Waals surface area contributed by atoms with Crippen LogP contribution in [0.15, 0.2) is 54.7 Å². The Morgan fingerprint density at radius 3 is 2.58 bits per heavy atom. The van der Waals surface area contributed by atoms with Crippen molar-refractivity contribution < 1.29 is 0 Å². The number of hydrogen-bond acceptors (Lipinski definition) is 2. The Labute approximate surface area is 111 Å². The quantitative estimate of drug-likeness (QED) is 0.707. The van der Waals surface area contributed by atoms with E-state index >= 15 is 0 Å². The molecule has 2 N–H and O–H groups in total. The van der Waals surface area contributed by atoms with Crippen LogP contribution in [0.25, 0.3) is 10.9 Å². The first kappa shape index (κ1) is 11.4. The van der Waals surface area contributed by atoms with Crippen molar-refractivity contribution in [1.82, 2.24) is 4.57 Å². The van der Waals surface area contributed by atoms with Gasteiger partial charge in [0.05, 0.1) is 11.6 Å². The van der Waals surface area contributed by atoms with Gasteiger partial charge in [-0.15, -0.1) is 0 Å². The number of nitriles is 1. The molecule has 3 aromatic rings. The third kappa shape index (κ3) is 2.16. The highest BCUT2D eigenvalue weighted by Crippen LogP contribution is 2.20. The lowest BCUT2D eigenvalue weighted by molar-refractivity contribution is 0.837. The van der Waals surface area contributed by atoms with Gasteiger partial charge in [0, 0.05) is 29.3 Å². The molecule has 1 heterocycles. The van der Waals surface area contributed by atoms with Crippen LogP contribution in [-0.2, 0) is 6.54 Å². The van der Waals surface area contributed by atoms with Gasteiger partial charge in [-0.3, -0.25) is 0 Å². The van der Waals surface area contributed by atoms with E-state index in [4.69, 9.17) is 11.0 Å². The standard InChI is InChI=1S/C16H13N3/c17-10-12-1-3-13(4-2-12)11-19-8-7-14-9-15(18)5-6-16(14)19/h1-9H,11,18H2. The molecule has 2 aromatic carbocycles. The average Bonchev–Trinajstić information content (AvgIpc) is 2.82. The van der Waals surface area contributed by atoms with E-state index in [1.807, 2.05) is 42.5 Å². The second kappa shape index (κ2) is 4.51. The summed E-state index contributed by atoms with van der Waals surface area (Å²) < 4.78 is 2.18. The van der Waals surface area contributed by atoms with Crippen molar-refractivity contribution in [3.8, 4) is 6.07 Å². The van der Waals surface area contributed by atoms with Gasteiger partial charge in [0.2, 0.25) is 0 Å². The fourth-order valence-corrected chi connectivity index (χ4v) is 2.24. The van der Waals surface area contributed by atoms with E-state index in [1.165, 1.54) is 11.1 Å². The molecule has 3 rings (SSSR count). The fraction of sp³-hybridized carbons (Fsp3) is 0.0625. The van der Waals surface area contributed by atoms with E-state index in [-0.39, 0.29) is 0 Å². The zero-order valence-corrected chi connectivity index (χ0v) is 10.4. The predicted octanol–water partition coefficient (Wildman–Crippen LogP) is 3.14. The molecule has 1 aromatic heterocycles. The molecule has 0 fully saturated rings. The largest absolute Gasteiger partial charge is 0.399 e. The Bertz CT molecular complexity index is 761. The number of nitrogens with zero attached hydrogens (tertiary/aromatic N) is 2. The van der Waals surface area contributed by atoms with Gasteiger partial charge >= 0.3 is 0 Å². The Hall–Kier alpha value is -2.73. The molecule has 0 unspecified atom stereocenters. The molecule has 0 aliphatic heterocycles. The van der Waals surface area contributed by atoms with Gasteiger partial charge in [-0.2, -0.15) is 5.26 Å². The van der Waals surface area contributed by atoms with Crippen molar-refractivity contribution in [3.05, 3.63) is 65.9 Å². The number of fused-ring (bicyclic) bond motifs is 1. The van der Waals surface area contributed by atoms with Crippen molar-refractivity contribution in [2.75, 3.05) is 5.73 Å². The van der Waals surface area contributed by atoms with E-state index in [2.05, 4.69) is 22.9 Å². The van der Waals surface area contributed by atoms with E-state index in [0.29, 0.717) is 5.56 Å². The zero-order valence-electron chi connectivity index (χ0n) is 10.4. The Morgan fingerprint density at radius 2 is 1.84 bits per heavy atom. The number of rotatable bonds is 2. The molecule has 0 aliphatic rings. The highest BCUT2D eigenvalue weighted by Gasteiger charge is 2.02. The molecule has 0 saturated carbocycles. The third-order valence-corrected chi connectivity index (χ3v) is 3.23. The van der Waals surface area contributed by atoms with Crippen molar-refractivity contribution in [3.63, 3.8) is 0 Å². The van der Waals surface area contributed by atoms with Crippen LogP contribution < -0.4 is 5.73 Å². The smallest absolute Gasteiger partial charge is 0.0991 e. The summed E-state index contributed by atoms with van der Waals surface area (Å²) in [6.45, 7) is 0.791. The summed E-state index contributed by atoms with van der Waals surface area (Å²) in [5.74, 6) is 0. The van der Waals surface area contributed by atoms with E-state index in [0.717, 1.165) is 17.6 Å². The monoisotopic (exact) mass is 247 g/mol. The molecule has 0 amide bonds. The molecule has 92 valence electrons. The van der Waals surface area contributed by atoms with Gasteiger partial charge in [-0.1, -0.05) is 12.1 Å². The summed E-state index contributed by atoms with van der Waals surface area (Å²) in [5.41, 5.74) is 9.59. The predicted molar refractivity (Wildman–Crippen MR) is 76.6 cm³/mol. The second-order valence-electron chi connectivity index (χ2n) is 4.57. The van der Waals surface area contributed by atoms with Crippen LogP contribution in [0.3, 0.4) is 0 Å². The number of nitrogens with two attached hydrogens (primary N) is 1. The lowest BCUT2D eigenvalue weighted by Crippen LogP contribution is -1.97. The SMILES string of the molecule is N#Cc1ccc(Cn2ccc3cc(N)ccc32)cc1. The maximum Gasteiger partial charge on any atom is 0.0991 e. The van der Waals surface area contributed by atoms with E-state index in [9.17, 15) is 0 Å². The average molecular weight is 247 g/mol. The van der Waals surface area contributed by atoms with Gasteiger partial charge in [0.1, 0.15) is 0 Å². The van der Waals surface area contributed by atoms with Crippen LogP contribution in [0.2, 0.25) is 0 Å². The van der Waals surface area contributed by atoms with Crippen LogP contribution in [0, 0.1) is 11.3 Å². The van der Waals surface area contributed by atoms with Gasteiger partial charge in [-0.25, -0.2) is 0 Å². The van der Waals surface area contributed by atoms with Gasteiger partial charge in [0.15, 0.2) is 0 Å². The minimum Gasteiger partial charge on any atom is -0.399 e. The van der Waals surface area contributed by atoms with Crippen molar-refractivity contribution in [2.45, 2.75) is 6.54 Å². The zero-order chi connectivity index (χ0) is 13.2. The molecule has 19 heavy (non-hydrogen) atoms. The summed E-state index contributed by atoms with van der Waals surface area (Å²) in [5, 5.41) is 9.93. The van der Waals surface area contributed by atoms with Crippen molar-refractivity contribution >= 4 is 16.6 Å². The molecule has 0 bridgehead atoms. The fourth-order valence-electron chi connectivity index (χ4n) is 2.24. The Kier molecular flexibility index (Phi) is 2.70. The molecule has 3 heteroatoms. The van der Waals surface area contributed by atoms with Gasteiger partial charge < -0.3 is 10.3 Å². The Balaban J connectivity index is 1.94. The number of benzene rings is 2. The molecule has 0 atom stereocenters. The molecule has 0 aliphatic carbocycles. The molecule has 0 radical (unpaired) electrons. The van der Waals surface area contributed by atoms with E-state index < -0.39 is 0 Å². The molecule has 0 saturated heterocycles. The summed E-state index contributed by atoms with van der Waals surface area (Å²) in [6.07, 6.45) is 2.06. The summed E-state index contributed by atoms with van der Waals surface area (Å²) in [4.78, 5) is 0. The van der Waals surface area contributed by atoms with Crippen molar-refractivity contribution in [1.29, 1.82) is 5.26 Å². The highest BCUT2D eigenvalue weighted by molar-refractivity contribution is 5.83. The van der Waals surface area contributed by atoms with Crippen LogP contribution in [-0.4, -0.2) is 4.57 Å². The first-order chi connectivity index (χ1) is 9.26. The third-order valence-electron chi connectivity index (χ3n) is 3.23. The van der Waals surface area contributed by atoms with Crippen LogP contribution >= 0.6 is 0 Å². The molecule has 3 nitrogen and oxygen atoms in total. The molecular formula is C16H13N3. The van der Waals surface area contributed by atoms with Gasteiger partial charge in [0.25, 0.3) is 0 Å². The lowest BCUT2D eigenvalue weighted by atomic mass is 10.1. The minimum atomic E-state index is 0.689. The maximum absolute atomic E-state index is 8.79.